The second-order valence-corrected chi connectivity index (χ2v) is 5.60. The summed E-state index contributed by atoms with van der Waals surface area (Å²) in [6, 6.07) is 8.87. The van der Waals surface area contributed by atoms with Crippen LogP contribution in [0.2, 0.25) is 0 Å². The van der Waals surface area contributed by atoms with Crippen LogP contribution in [0.15, 0.2) is 30.5 Å². The van der Waals surface area contributed by atoms with Crippen LogP contribution in [-0.2, 0) is 13.1 Å². The van der Waals surface area contributed by atoms with Crippen LogP contribution in [0.3, 0.4) is 0 Å². The van der Waals surface area contributed by atoms with Gasteiger partial charge in [-0.2, -0.15) is 5.10 Å². The summed E-state index contributed by atoms with van der Waals surface area (Å²) >= 11 is 0. The quantitative estimate of drug-likeness (QED) is 0.908. The van der Waals surface area contributed by atoms with E-state index in [0.717, 1.165) is 30.2 Å². The molecule has 1 N–H and O–H groups in total. The van der Waals surface area contributed by atoms with Crippen LogP contribution in [0.25, 0.3) is 0 Å². The summed E-state index contributed by atoms with van der Waals surface area (Å²) in [6.45, 7) is 3.61. The summed E-state index contributed by atoms with van der Waals surface area (Å²) in [7, 11) is 0. The van der Waals surface area contributed by atoms with Crippen LogP contribution < -0.4 is 5.32 Å². The molecule has 4 nitrogen and oxygen atoms in total. The zero-order chi connectivity index (χ0) is 13.8. The van der Waals surface area contributed by atoms with Gasteiger partial charge in [-0.3, -0.25) is 9.67 Å². The molecule has 1 saturated carbocycles. The van der Waals surface area contributed by atoms with Crippen molar-refractivity contribution in [3.63, 3.8) is 0 Å². The highest BCUT2D eigenvalue weighted by atomic mass is 15.3. The van der Waals surface area contributed by atoms with Crippen molar-refractivity contribution in [1.82, 2.24) is 20.1 Å². The fourth-order valence-electron chi connectivity index (χ4n) is 2.86. The van der Waals surface area contributed by atoms with E-state index in [2.05, 4.69) is 38.4 Å². The van der Waals surface area contributed by atoms with Crippen LogP contribution in [0.4, 0.5) is 0 Å². The third-order valence-corrected chi connectivity index (χ3v) is 3.92. The predicted molar refractivity (Wildman–Crippen MR) is 79.2 cm³/mol. The fraction of sp³-hybridized carbons (Fsp3) is 0.500. The number of hydrogen-bond donors (Lipinski definition) is 1. The van der Waals surface area contributed by atoms with E-state index in [1.807, 2.05) is 19.1 Å². The number of nitrogens with one attached hydrogen (secondary N) is 1. The standard InChI is InChI=1S/C16H22N4/c1-13-5-4-6-14(18-13)11-17-12-15-9-10-20(19-15)16-7-2-3-8-16/h4-6,9-10,16-17H,2-3,7-8,11-12H2,1H3. The van der Waals surface area contributed by atoms with Crippen molar-refractivity contribution in [3.05, 3.63) is 47.5 Å². The molecule has 0 radical (unpaired) electrons. The highest BCUT2D eigenvalue weighted by Crippen LogP contribution is 2.28. The van der Waals surface area contributed by atoms with E-state index in [9.17, 15) is 0 Å². The minimum atomic E-state index is 0.627. The first-order valence-corrected chi connectivity index (χ1v) is 7.48. The van der Waals surface area contributed by atoms with Gasteiger partial charge in [0.25, 0.3) is 0 Å². The van der Waals surface area contributed by atoms with Crippen LogP contribution in [0.5, 0.6) is 0 Å². The largest absolute Gasteiger partial charge is 0.305 e. The molecule has 0 atom stereocenters. The molecule has 1 fully saturated rings. The van der Waals surface area contributed by atoms with Crippen molar-refractivity contribution in [2.45, 2.75) is 51.7 Å². The van der Waals surface area contributed by atoms with Gasteiger partial charge in [0.1, 0.15) is 0 Å². The molecule has 1 aliphatic carbocycles. The lowest BCUT2D eigenvalue weighted by molar-refractivity contribution is 0.460. The summed E-state index contributed by atoms with van der Waals surface area (Å²) in [5.74, 6) is 0. The average Bonchev–Trinajstić information content (AvgIpc) is 3.09. The Morgan fingerprint density at radius 1 is 1.15 bits per heavy atom. The number of aromatic nitrogens is 3. The molecule has 4 heteroatoms. The summed E-state index contributed by atoms with van der Waals surface area (Å²) in [4.78, 5) is 4.48. The van der Waals surface area contributed by atoms with E-state index < -0.39 is 0 Å². The molecule has 2 aromatic rings. The normalized spacial score (nSPS) is 15.8. The summed E-state index contributed by atoms with van der Waals surface area (Å²) in [5.41, 5.74) is 3.26. The highest BCUT2D eigenvalue weighted by molar-refractivity contribution is 5.10. The Balaban J connectivity index is 1.51. The summed E-state index contributed by atoms with van der Waals surface area (Å²) in [6.07, 6.45) is 7.37. The molecule has 2 aromatic heterocycles. The SMILES string of the molecule is Cc1cccc(CNCc2ccn(C3CCCC3)n2)n1. The van der Waals surface area contributed by atoms with Gasteiger partial charge in [0.15, 0.2) is 0 Å². The Labute approximate surface area is 120 Å². The van der Waals surface area contributed by atoms with Gasteiger partial charge in [0, 0.05) is 25.0 Å². The lowest BCUT2D eigenvalue weighted by Gasteiger charge is -2.09. The maximum absolute atomic E-state index is 4.67. The minimum absolute atomic E-state index is 0.627. The van der Waals surface area contributed by atoms with Gasteiger partial charge in [-0.05, 0) is 38.0 Å². The van der Waals surface area contributed by atoms with Crippen molar-refractivity contribution in [2.75, 3.05) is 0 Å². The molecule has 0 aliphatic heterocycles. The first kappa shape index (κ1) is 13.3. The first-order chi connectivity index (χ1) is 9.81. The topological polar surface area (TPSA) is 42.7 Å². The van der Waals surface area contributed by atoms with Crippen molar-refractivity contribution >= 4 is 0 Å². The first-order valence-electron chi connectivity index (χ1n) is 7.48. The lowest BCUT2D eigenvalue weighted by Crippen LogP contribution is -2.15. The maximum Gasteiger partial charge on any atom is 0.0762 e. The zero-order valence-corrected chi connectivity index (χ0v) is 12.0. The summed E-state index contributed by atoms with van der Waals surface area (Å²) in [5, 5.41) is 8.09. The predicted octanol–water partition coefficient (Wildman–Crippen LogP) is 2.99. The zero-order valence-electron chi connectivity index (χ0n) is 12.0. The van der Waals surface area contributed by atoms with Crippen molar-refractivity contribution in [1.29, 1.82) is 0 Å². The van der Waals surface area contributed by atoms with Crippen LogP contribution in [-0.4, -0.2) is 14.8 Å². The molecule has 0 amide bonds. The Morgan fingerprint density at radius 3 is 2.75 bits per heavy atom. The van der Waals surface area contributed by atoms with Gasteiger partial charge in [-0.1, -0.05) is 18.9 Å². The Morgan fingerprint density at radius 2 is 1.95 bits per heavy atom. The molecule has 0 bridgehead atoms. The van der Waals surface area contributed by atoms with Crippen molar-refractivity contribution in [3.8, 4) is 0 Å². The van der Waals surface area contributed by atoms with Crippen LogP contribution in [0.1, 0.15) is 48.8 Å². The smallest absolute Gasteiger partial charge is 0.0762 e. The van der Waals surface area contributed by atoms with E-state index in [0.29, 0.717) is 6.04 Å². The van der Waals surface area contributed by atoms with Gasteiger partial charge < -0.3 is 5.32 Å². The Bertz CT molecular complexity index is 555. The molecule has 2 heterocycles. The molecule has 0 aromatic carbocycles. The molecule has 20 heavy (non-hydrogen) atoms. The van der Waals surface area contributed by atoms with E-state index in [1.165, 1.54) is 25.7 Å². The molecule has 106 valence electrons. The fourth-order valence-corrected chi connectivity index (χ4v) is 2.86. The van der Waals surface area contributed by atoms with E-state index in [-0.39, 0.29) is 0 Å². The lowest BCUT2D eigenvalue weighted by atomic mass is 10.3. The molecule has 0 spiro atoms. The number of nitrogens with zero attached hydrogens (tertiary/aromatic N) is 3. The van der Waals surface area contributed by atoms with E-state index >= 15 is 0 Å². The highest BCUT2D eigenvalue weighted by Gasteiger charge is 2.17. The van der Waals surface area contributed by atoms with Gasteiger partial charge in [-0.15, -0.1) is 0 Å². The number of rotatable bonds is 5. The van der Waals surface area contributed by atoms with Crippen LogP contribution in [0, 0.1) is 6.92 Å². The van der Waals surface area contributed by atoms with Gasteiger partial charge in [-0.25, -0.2) is 0 Å². The third-order valence-electron chi connectivity index (χ3n) is 3.92. The van der Waals surface area contributed by atoms with Gasteiger partial charge in [0.2, 0.25) is 0 Å². The molecule has 1 aliphatic rings. The number of pyridine rings is 1. The minimum Gasteiger partial charge on any atom is -0.305 e. The Kier molecular flexibility index (Phi) is 4.11. The van der Waals surface area contributed by atoms with Crippen molar-refractivity contribution in [2.24, 2.45) is 0 Å². The second kappa shape index (κ2) is 6.18. The monoisotopic (exact) mass is 270 g/mol. The molecule has 0 saturated heterocycles. The van der Waals surface area contributed by atoms with Crippen molar-refractivity contribution < 1.29 is 0 Å². The molecular formula is C16H22N4. The summed E-state index contributed by atoms with van der Waals surface area (Å²) < 4.78 is 2.15. The maximum atomic E-state index is 4.67. The Hall–Kier alpha value is -1.68. The van der Waals surface area contributed by atoms with E-state index in [4.69, 9.17) is 0 Å². The van der Waals surface area contributed by atoms with Gasteiger partial charge >= 0.3 is 0 Å². The molecular weight excluding hydrogens is 248 g/mol. The van der Waals surface area contributed by atoms with Crippen LogP contribution >= 0.6 is 0 Å². The molecule has 0 unspecified atom stereocenters. The molecule has 3 rings (SSSR count). The average molecular weight is 270 g/mol. The second-order valence-electron chi connectivity index (χ2n) is 5.60. The third kappa shape index (κ3) is 3.25. The number of hydrogen-bond acceptors (Lipinski definition) is 3. The van der Waals surface area contributed by atoms with Gasteiger partial charge in [0.05, 0.1) is 17.4 Å². The number of aryl methyl sites for hydroxylation is 1. The van der Waals surface area contributed by atoms with E-state index in [1.54, 1.807) is 0 Å².